The van der Waals surface area contributed by atoms with E-state index in [9.17, 15) is 4.79 Å². The minimum absolute atomic E-state index is 0.174. The maximum Gasteiger partial charge on any atom is 0.411 e. The van der Waals surface area contributed by atoms with Crippen molar-refractivity contribution in [1.82, 2.24) is 9.80 Å². The lowest BCUT2D eigenvalue weighted by Crippen LogP contribution is -2.75. The lowest BCUT2D eigenvalue weighted by atomic mass is 9.66. The summed E-state index contributed by atoms with van der Waals surface area (Å²) < 4.78 is 22.1. The largest absolute Gasteiger partial charge is 0.444 e. The topological polar surface area (TPSA) is 32.8 Å². The van der Waals surface area contributed by atoms with Crippen molar-refractivity contribution in [3.63, 3.8) is 0 Å². The van der Waals surface area contributed by atoms with Crippen LogP contribution in [0.4, 0.5) is 9.18 Å². The molecule has 1 amide bonds. The molecular weight excluding hydrogens is 379 g/mol. The molecular formula is C25H37FN2O2. The number of ether oxygens (including phenoxy) is 1. The first kappa shape index (κ1) is 21.6. The summed E-state index contributed by atoms with van der Waals surface area (Å²) in [7, 11) is 0. The summed E-state index contributed by atoms with van der Waals surface area (Å²) in [5.74, 6) is 0. The molecule has 1 aliphatic carbocycles. The summed E-state index contributed by atoms with van der Waals surface area (Å²) in [4.78, 5) is 17.4. The third-order valence-electron chi connectivity index (χ3n) is 7.26. The molecule has 2 aliphatic heterocycles. The van der Waals surface area contributed by atoms with Gasteiger partial charge in [0.2, 0.25) is 0 Å². The highest BCUT2D eigenvalue weighted by atomic mass is 19.1. The molecule has 166 valence electrons. The summed E-state index contributed by atoms with van der Waals surface area (Å²) >= 11 is 0. The summed E-state index contributed by atoms with van der Waals surface area (Å²) in [5, 5.41) is 0. The molecule has 2 heterocycles. The number of carbonyl (C=O) groups is 1. The molecule has 0 aromatic heterocycles. The van der Waals surface area contributed by atoms with Crippen LogP contribution in [0.5, 0.6) is 0 Å². The molecule has 2 bridgehead atoms. The van der Waals surface area contributed by atoms with Gasteiger partial charge in [-0.2, -0.15) is 0 Å². The number of amides is 1. The molecule has 3 aliphatic rings. The minimum Gasteiger partial charge on any atom is -0.444 e. The third-order valence-corrected chi connectivity index (χ3v) is 7.26. The summed E-state index contributed by atoms with van der Waals surface area (Å²) in [6.45, 7) is 10.5. The number of hydrogen-bond donors (Lipinski definition) is 0. The van der Waals surface area contributed by atoms with Crippen molar-refractivity contribution in [2.24, 2.45) is 0 Å². The first-order valence-electron chi connectivity index (χ1n) is 11.5. The van der Waals surface area contributed by atoms with E-state index in [1.165, 1.54) is 5.56 Å². The van der Waals surface area contributed by atoms with Gasteiger partial charge in [0.1, 0.15) is 11.8 Å². The van der Waals surface area contributed by atoms with Crippen LogP contribution in [0, 0.1) is 0 Å². The van der Waals surface area contributed by atoms with Crippen molar-refractivity contribution >= 4 is 6.09 Å². The summed E-state index contributed by atoms with van der Waals surface area (Å²) in [6.07, 6.45) is 4.00. The van der Waals surface area contributed by atoms with Gasteiger partial charge in [-0.15, -0.1) is 0 Å². The molecule has 0 spiro atoms. The Bertz CT molecular complexity index is 775. The Labute approximate surface area is 180 Å². The number of carbonyl (C=O) groups excluding carboxylic acids is 1. The van der Waals surface area contributed by atoms with E-state index in [-0.39, 0.29) is 17.7 Å². The zero-order valence-electron chi connectivity index (χ0n) is 19.2. The van der Waals surface area contributed by atoms with Gasteiger partial charge in [-0.25, -0.2) is 9.18 Å². The van der Waals surface area contributed by atoms with Gasteiger partial charge >= 0.3 is 6.09 Å². The average Bonchev–Trinajstić information content (AvgIpc) is 3.47. The number of piperidine rings is 2. The molecule has 5 heteroatoms. The van der Waals surface area contributed by atoms with E-state index < -0.39 is 17.3 Å². The van der Waals surface area contributed by atoms with Gasteiger partial charge < -0.3 is 4.74 Å². The molecule has 2 saturated heterocycles. The molecule has 0 N–H and O–H groups in total. The van der Waals surface area contributed by atoms with E-state index in [0.717, 1.165) is 32.2 Å². The van der Waals surface area contributed by atoms with E-state index in [4.69, 9.17) is 4.74 Å². The highest BCUT2D eigenvalue weighted by Gasteiger charge is 2.62. The monoisotopic (exact) mass is 416 g/mol. The second kappa shape index (κ2) is 7.51. The van der Waals surface area contributed by atoms with Crippen molar-refractivity contribution < 1.29 is 13.9 Å². The molecule has 4 rings (SSSR count). The fourth-order valence-electron chi connectivity index (χ4n) is 5.83. The number of nitrogens with zero attached hydrogens (tertiary/aromatic N) is 2. The zero-order chi connectivity index (χ0) is 21.7. The summed E-state index contributed by atoms with van der Waals surface area (Å²) in [5.41, 5.74) is -0.575. The van der Waals surface area contributed by atoms with E-state index in [2.05, 4.69) is 36.1 Å². The second-order valence-corrected chi connectivity index (χ2v) is 11.1. The van der Waals surface area contributed by atoms with Crippen LogP contribution in [0.25, 0.3) is 0 Å². The first-order valence-corrected chi connectivity index (χ1v) is 11.5. The number of benzene rings is 1. The lowest BCUT2D eigenvalue weighted by molar-refractivity contribution is -0.150. The molecule has 1 aromatic rings. The number of hydrogen-bond acceptors (Lipinski definition) is 3. The Kier molecular flexibility index (Phi) is 5.41. The van der Waals surface area contributed by atoms with Gasteiger partial charge in [0.05, 0.1) is 5.54 Å². The van der Waals surface area contributed by atoms with Crippen molar-refractivity contribution in [2.75, 3.05) is 0 Å². The van der Waals surface area contributed by atoms with Crippen LogP contribution >= 0.6 is 0 Å². The number of halogens is 1. The maximum absolute atomic E-state index is 16.4. The van der Waals surface area contributed by atoms with Crippen LogP contribution in [-0.2, 0) is 11.3 Å². The Balaban J connectivity index is 1.64. The summed E-state index contributed by atoms with van der Waals surface area (Å²) in [6, 6.07) is 10.7. The molecule has 0 unspecified atom stereocenters. The van der Waals surface area contributed by atoms with Gasteiger partial charge in [0.15, 0.2) is 0 Å². The van der Waals surface area contributed by atoms with Crippen molar-refractivity contribution in [3.05, 3.63) is 35.9 Å². The quantitative estimate of drug-likeness (QED) is 0.631. The van der Waals surface area contributed by atoms with Crippen LogP contribution < -0.4 is 0 Å². The number of fused-ring (bicyclic) bond motifs is 2. The maximum atomic E-state index is 16.4. The fourth-order valence-corrected chi connectivity index (χ4v) is 5.83. The fraction of sp³-hybridized carbons (Fsp3) is 0.720. The normalized spacial score (nSPS) is 34.2. The molecule has 1 aromatic carbocycles. The van der Waals surface area contributed by atoms with Crippen molar-refractivity contribution in [2.45, 2.75) is 115 Å². The third kappa shape index (κ3) is 3.98. The predicted molar refractivity (Wildman–Crippen MR) is 117 cm³/mol. The van der Waals surface area contributed by atoms with Gasteiger partial charge in [0, 0.05) is 24.2 Å². The molecule has 0 radical (unpaired) electrons. The Morgan fingerprint density at radius 3 is 2.47 bits per heavy atom. The Morgan fingerprint density at radius 1 is 1.20 bits per heavy atom. The van der Waals surface area contributed by atoms with Crippen LogP contribution in [0.3, 0.4) is 0 Å². The van der Waals surface area contributed by atoms with Crippen molar-refractivity contribution in [1.29, 1.82) is 0 Å². The van der Waals surface area contributed by atoms with Gasteiger partial charge in [0.25, 0.3) is 0 Å². The van der Waals surface area contributed by atoms with E-state index in [0.29, 0.717) is 18.9 Å². The van der Waals surface area contributed by atoms with E-state index in [1.807, 2.05) is 33.8 Å². The minimum atomic E-state index is -1.09. The van der Waals surface area contributed by atoms with Crippen LogP contribution in [0.15, 0.2) is 30.3 Å². The lowest BCUT2D eigenvalue weighted by Gasteiger charge is -2.63. The van der Waals surface area contributed by atoms with E-state index >= 15 is 4.39 Å². The zero-order valence-corrected chi connectivity index (χ0v) is 19.2. The highest BCUT2D eigenvalue weighted by Crippen LogP contribution is 2.52. The van der Waals surface area contributed by atoms with Crippen LogP contribution in [-0.4, -0.2) is 50.8 Å². The van der Waals surface area contributed by atoms with Crippen molar-refractivity contribution in [3.8, 4) is 0 Å². The average molecular weight is 417 g/mol. The van der Waals surface area contributed by atoms with E-state index in [1.54, 1.807) is 4.90 Å². The van der Waals surface area contributed by atoms with Gasteiger partial charge in [-0.05, 0) is 78.7 Å². The molecule has 4 nitrogen and oxygen atoms in total. The molecule has 3 fully saturated rings. The van der Waals surface area contributed by atoms with Gasteiger partial charge in [-0.3, -0.25) is 9.80 Å². The van der Waals surface area contributed by atoms with Crippen LogP contribution in [0.1, 0.15) is 78.7 Å². The first-order chi connectivity index (χ1) is 14.0. The molecule has 4 atom stereocenters. The highest BCUT2D eigenvalue weighted by molar-refractivity contribution is 5.71. The SMILES string of the molecule is CC(C)(C)OC(=O)N1[C@]2(C)CCC[C@@]1(C)[C@H](F)[C@H](N(Cc1ccccc1)C1CC1)C2. The smallest absolute Gasteiger partial charge is 0.411 e. The Morgan fingerprint density at radius 2 is 1.87 bits per heavy atom. The number of rotatable bonds is 4. The standard InChI is InChI=1S/C25H37FN2O2/c1-23(2,3)30-22(29)28-24(4)14-9-15-25(28,5)21(26)20(16-24)27(19-12-13-19)17-18-10-7-6-8-11-18/h6-8,10-11,19-21H,9,12-17H2,1-5H3/t20-,21-,24-,25+/m1/s1. The van der Waals surface area contributed by atoms with Gasteiger partial charge in [-0.1, -0.05) is 30.3 Å². The predicted octanol–water partition coefficient (Wildman–Crippen LogP) is 5.70. The second-order valence-electron chi connectivity index (χ2n) is 11.1. The molecule has 30 heavy (non-hydrogen) atoms. The number of alkyl halides is 1. The Hall–Kier alpha value is -1.62. The molecule has 1 saturated carbocycles. The van der Waals surface area contributed by atoms with Crippen LogP contribution in [0.2, 0.25) is 0 Å².